The lowest BCUT2D eigenvalue weighted by Gasteiger charge is -2.10. The summed E-state index contributed by atoms with van der Waals surface area (Å²) in [6.07, 6.45) is -0.399. The third-order valence-electron chi connectivity index (χ3n) is 2.33. The van der Waals surface area contributed by atoms with Crippen LogP contribution in [0.5, 0.6) is 0 Å². The standard InChI is InChI=1S/C11H14N2O2/c1-8-2-4-9(5-3-8)12-6-10-7-13-11(14)15-10/h2-5,10,12H,6-7H2,1H3,(H,13,14)/t10-/m1/s1. The summed E-state index contributed by atoms with van der Waals surface area (Å²) >= 11 is 0. The largest absolute Gasteiger partial charge is 0.442 e. The first-order valence-electron chi connectivity index (χ1n) is 4.99. The average molecular weight is 206 g/mol. The molecular weight excluding hydrogens is 192 g/mol. The highest BCUT2D eigenvalue weighted by Crippen LogP contribution is 2.09. The van der Waals surface area contributed by atoms with Crippen molar-refractivity contribution < 1.29 is 9.53 Å². The summed E-state index contributed by atoms with van der Waals surface area (Å²) in [5.41, 5.74) is 2.28. The van der Waals surface area contributed by atoms with Crippen LogP contribution in [0.4, 0.5) is 10.5 Å². The van der Waals surface area contributed by atoms with Crippen LogP contribution in [0.1, 0.15) is 5.56 Å². The molecule has 4 nitrogen and oxygen atoms in total. The first kappa shape index (κ1) is 9.83. The summed E-state index contributed by atoms with van der Waals surface area (Å²) < 4.78 is 4.99. The zero-order valence-corrected chi connectivity index (χ0v) is 8.62. The van der Waals surface area contributed by atoms with E-state index in [4.69, 9.17) is 4.74 Å². The van der Waals surface area contributed by atoms with Crippen molar-refractivity contribution in [3.05, 3.63) is 29.8 Å². The molecular formula is C11H14N2O2. The highest BCUT2D eigenvalue weighted by atomic mass is 16.6. The molecule has 0 aromatic heterocycles. The van der Waals surface area contributed by atoms with Gasteiger partial charge in [-0.1, -0.05) is 17.7 Å². The van der Waals surface area contributed by atoms with Gasteiger partial charge in [0, 0.05) is 5.69 Å². The van der Waals surface area contributed by atoms with Gasteiger partial charge in [-0.2, -0.15) is 0 Å². The first-order chi connectivity index (χ1) is 7.24. The van der Waals surface area contributed by atoms with Crippen LogP contribution < -0.4 is 10.6 Å². The minimum atomic E-state index is -0.328. The molecule has 0 unspecified atom stereocenters. The molecule has 0 bridgehead atoms. The van der Waals surface area contributed by atoms with Crippen LogP contribution >= 0.6 is 0 Å². The Morgan fingerprint density at radius 3 is 2.80 bits per heavy atom. The van der Waals surface area contributed by atoms with Crippen molar-refractivity contribution in [1.29, 1.82) is 0 Å². The van der Waals surface area contributed by atoms with Crippen LogP contribution in [0.3, 0.4) is 0 Å². The van der Waals surface area contributed by atoms with Crippen LogP contribution in [0.25, 0.3) is 0 Å². The molecule has 1 amide bonds. The first-order valence-corrected chi connectivity index (χ1v) is 4.99. The molecule has 80 valence electrons. The van der Waals surface area contributed by atoms with E-state index in [0.717, 1.165) is 5.69 Å². The lowest BCUT2D eigenvalue weighted by atomic mass is 10.2. The number of alkyl carbamates (subject to hydrolysis) is 1. The zero-order valence-electron chi connectivity index (χ0n) is 8.62. The number of cyclic esters (lactones) is 1. The molecule has 0 saturated carbocycles. The van der Waals surface area contributed by atoms with E-state index in [2.05, 4.69) is 10.6 Å². The van der Waals surface area contributed by atoms with Gasteiger partial charge in [-0.15, -0.1) is 0 Å². The van der Waals surface area contributed by atoms with Gasteiger partial charge in [-0.3, -0.25) is 0 Å². The van der Waals surface area contributed by atoms with Crippen LogP contribution in [0.2, 0.25) is 0 Å². The quantitative estimate of drug-likeness (QED) is 0.788. The highest BCUT2D eigenvalue weighted by Gasteiger charge is 2.21. The van der Waals surface area contributed by atoms with Crippen LogP contribution in [0, 0.1) is 6.92 Å². The lowest BCUT2D eigenvalue weighted by Crippen LogP contribution is -2.23. The number of hydrogen-bond donors (Lipinski definition) is 2. The van der Waals surface area contributed by atoms with E-state index in [1.807, 2.05) is 31.2 Å². The maximum atomic E-state index is 10.7. The molecule has 1 aliphatic rings. The summed E-state index contributed by atoms with van der Waals surface area (Å²) in [6.45, 7) is 3.27. The van der Waals surface area contributed by atoms with Crippen molar-refractivity contribution in [2.75, 3.05) is 18.4 Å². The minimum absolute atomic E-state index is 0.0706. The molecule has 1 atom stereocenters. The number of anilines is 1. The Labute approximate surface area is 88.6 Å². The Bertz CT molecular complexity index is 348. The molecule has 2 N–H and O–H groups in total. The predicted octanol–water partition coefficient (Wildman–Crippen LogP) is 1.52. The van der Waals surface area contributed by atoms with Gasteiger partial charge in [0.25, 0.3) is 0 Å². The van der Waals surface area contributed by atoms with Gasteiger partial charge in [-0.25, -0.2) is 4.79 Å². The Balaban J connectivity index is 1.83. The molecule has 1 aliphatic heterocycles. The molecule has 1 saturated heterocycles. The fourth-order valence-corrected chi connectivity index (χ4v) is 1.45. The molecule has 0 spiro atoms. The van der Waals surface area contributed by atoms with E-state index >= 15 is 0 Å². The lowest BCUT2D eigenvalue weighted by molar-refractivity contribution is 0.145. The molecule has 2 rings (SSSR count). The molecule has 1 aromatic rings. The molecule has 1 heterocycles. The topological polar surface area (TPSA) is 50.4 Å². The second-order valence-corrected chi connectivity index (χ2v) is 3.66. The Kier molecular flexibility index (Phi) is 2.76. The van der Waals surface area contributed by atoms with Gasteiger partial charge >= 0.3 is 6.09 Å². The monoisotopic (exact) mass is 206 g/mol. The molecule has 15 heavy (non-hydrogen) atoms. The van der Waals surface area contributed by atoms with Gasteiger partial charge < -0.3 is 15.4 Å². The van der Waals surface area contributed by atoms with E-state index < -0.39 is 0 Å². The number of ether oxygens (including phenoxy) is 1. The smallest absolute Gasteiger partial charge is 0.407 e. The molecule has 1 aromatic carbocycles. The predicted molar refractivity (Wildman–Crippen MR) is 57.9 cm³/mol. The summed E-state index contributed by atoms with van der Waals surface area (Å²) in [5.74, 6) is 0. The summed E-state index contributed by atoms with van der Waals surface area (Å²) in [7, 11) is 0. The number of nitrogens with one attached hydrogen (secondary N) is 2. The highest BCUT2D eigenvalue weighted by molar-refractivity contribution is 5.69. The summed E-state index contributed by atoms with van der Waals surface area (Å²) in [5, 5.41) is 5.83. The third-order valence-corrected chi connectivity index (χ3v) is 2.33. The Hall–Kier alpha value is -1.71. The van der Waals surface area contributed by atoms with Crippen molar-refractivity contribution in [3.63, 3.8) is 0 Å². The van der Waals surface area contributed by atoms with E-state index in [9.17, 15) is 4.79 Å². The SMILES string of the molecule is Cc1ccc(NC[C@@H]2CNC(=O)O2)cc1. The number of aryl methyl sites for hydroxylation is 1. The fourth-order valence-electron chi connectivity index (χ4n) is 1.45. The minimum Gasteiger partial charge on any atom is -0.442 e. The van der Waals surface area contributed by atoms with Gasteiger partial charge in [0.1, 0.15) is 6.10 Å². The normalized spacial score (nSPS) is 19.5. The molecule has 1 fully saturated rings. The van der Waals surface area contributed by atoms with Gasteiger partial charge in [0.05, 0.1) is 13.1 Å². The van der Waals surface area contributed by atoms with Crippen molar-refractivity contribution in [3.8, 4) is 0 Å². The average Bonchev–Trinajstić information content (AvgIpc) is 2.64. The van der Waals surface area contributed by atoms with Crippen LogP contribution in [-0.2, 0) is 4.74 Å². The number of rotatable bonds is 3. The number of amides is 1. The molecule has 0 radical (unpaired) electrons. The van der Waals surface area contributed by atoms with Crippen molar-refractivity contribution >= 4 is 11.8 Å². The second-order valence-electron chi connectivity index (χ2n) is 3.66. The second kappa shape index (κ2) is 4.21. The zero-order chi connectivity index (χ0) is 10.7. The number of carbonyl (C=O) groups excluding carboxylic acids is 1. The van der Waals surface area contributed by atoms with Crippen molar-refractivity contribution in [1.82, 2.24) is 5.32 Å². The number of carbonyl (C=O) groups is 1. The van der Waals surface area contributed by atoms with Crippen LogP contribution in [-0.4, -0.2) is 25.3 Å². The van der Waals surface area contributed by atoms with E-state index in [1.165, 1.54) is 5.56 Å². The fraction of sp³-hybridized carbons (Fsp3) is 0.364. The van der Waals surface area contributed by atoms with E-state index in [0.29, 0.717) is 13.1 Å². The molecule has 4 heteroatoms. The van der Waals surface area contributed by atoms with Crippen LogP contribution in [0.15, 0.2) is 24.3 Å². The van der Waals surface area contributed by atoms with Gasteiger partial charge in [0.2, 0.25) is 0 Å². The van der Waals surface area contributed by atoms with Crippen molar-refractivity contribution in [2.45, 2.75) is 13.0 Å². The third kappa shape index (κ3) is 2.62. The maximum Gasteiger partial charge on any atom is 0.407 e. The van der Waals surface area contributed by atoms with Crippen molar-refractivity contribution in [2.24, 2.45) is 0 Å². The van der Waals surface area contributed by atoms with E-state index in [-0.39, 0.29) is 12.2 Å². The number of benzene rings is 1. The van der Waals surface area contributed by atoms with E-state index in [1.54, 1.807) is 0 Å². The van der Waals surface area contributed by atoms with Gasteiger partial charge in [0.15, 0.2) is 0 Å². The summed E-state index contributed by atoms with van der Waals surface area (Å²) in [4.78, 5) is 10.7. The van der Waals surface area contributed by atoms with Gasteiger partial charge in [-0.05, 0) is 19.1 Å². The molecule has 0 aliphatic carbocycles. The Morgan fingerprint density at radius 2 is 2.20 bits per heavy atom. The Morgan fingerprint density at radius 1 is 1.47 bits per heavy atom. The maximum absolute atomic E-state index is 10.7. The number of hydrogen-bond acceptors (Lipinski definition) is 3. The summed E-state index contributed by atoms with van der Waals surface area (Å²) in [6, 6.07) is 8.11.